The van der Waals surface area contributed by atoms with Crippen molar-refractivity contribution < 1.29 is 33.3 Å². The van der Waals surface area contributed by atoms with Crippen LogP contribution in [0.1, 0.15) is 40.1 Å². The molecule has 3 atom stereocenters. The standard InChI is InChI=1S/C17H16O7/c1-7(19)22-5-8-6-23-17-12(8)10(4-18)9-3-11-15(24-11)14(20)13(9)16(17)21-2/h4,6,11,14-15,20H,3,5H2,1-2H3/t11-,14+,15-/m0/s1. The fraction of sp³-hybridized carbons (Fsp3) is 0.412. The number of carbonyl (C=O) groups excluding carboxylic acids is 2. The zero-order valence-corrected chi connectivity index (χ0v) is 13.2. The molecule has 1 aliphatic heterocycles. The van der Waals surface area contributed by atoms with Gasteiger partial charge in [0.1, 0.15) is 18.8 Å². The van der Waals surface area contributed by atoms with Crippen LogP contribution >= 0.6 is 0 Å². The van der Waals surface area contributed by atoms with E-state index in [0.29, 0.717) is 45.4 Å². The summed E-state index contributed by atoms with van der Waals surface area (Å²) in [5.74, 6) is -0.0345. The molecule has 24 heavy (non-hydrogen) atoms. The van der Waals surface area contributed by atoms with E-state index in [9.17, 15) is 14.7 Å². The second-order valence-corrected chi connectivity index (χ2v) is 5.99. The lowest BCUT2D eigenvalue weighted by Crippen LogP contribution is -2.21. The average Bonchev–Trinajstić information content (AvgIpc) is 3.23. The predicted molar refractivity (Wildman–Crippen MR) is 80.9 cm³/mol. The van der Waals surface area contributed by atoms with Crippen LogP contribution in [0.4, 0.5) is 0 Å². The minimum absolute atomic E-state index is 0.00375. The minimum atomic E-state index is -0.862. The van der Waals surface area contributed by atoms with Gasteiger partial charge in [-0.25, -0.2) is 0 Å². The first-order valence-corrected chi connectivity index (χ1v) is 7.61. The van der Waals surface area contributed by atoms with Gasteiger partial charge < -0.3 is 23.7 Å². The van der Waals surface area contributed by atoms with E-state index in [0.717, 1.165) is 6.29 Å². The molecule has 1 aliphatic carbocycles. The number of hydrogen-bond donors (Lipinski definition) is 1. The summed E-state index contributed by atoms with van der Waals surface area (Å²) in [7, 11) is 1.48. The Kier molecular flexibility index (Phi) is 3.36. The number of carbonyl (C=O) groups is 2. The maximum atomic E-state index is 11.8. The van der Waals surface area contributed by atoms with E-state index in [1.165, 1.54) is 20.3 Å². The Morgan fingerprint density at radius 3 is 2.96 bits per heavy atom. The van der Waals surface area contributed by atoms with Crippen LogP contribution in [-0.4, -0.2) is 36.7 Å². The molecule has 1 aromatic carbocycles. The van der Waals surface area contributed by atoms with Gasteiger partial charge in [-0.1, -0.05) is 0 Å². The van der Waals surface area contributed by atoms with E-state index in [-0.39, 0.29) is 18.8 Å². The molecule has 1 saturated heterocycles. The molecule has 0 spiro atoms. The lowest BCUT2D eigenvalue weighted by atomic mass is 9.84. The van der Waals surface area contributed by atoms with Gasteiger partial charge in [-0.2, -0.15) is 0 Å². The molecule has 4 rings (SSSR count). The molecule has 0 unspecified atom stereocenters. The number of rotatable bonds is 4. The maximum Gasteiger partial charge on any atom is 0.302 e. The van der Waals surface area contributed by atoms with Gasteiger partial charge in [-0.05, 0) is 5.56 Å². The number of esters is 1. The Morgan fingerprint density at radius 2 is 2.29 bits per heavy atom. The number of aliphatic hydroxyl groups excluding tert-OH is 1. The van der Waals surface area contributed by atoms with Crippen molar-refractivity contribution in [3.05, 3.63) is 28.5 Å². The quantitative estimate of drug-likeness (QED) is 0.516. The van der Waals surface area contributed by atoms with Crippen molar-refractivity contribution in [3.8, 4) is 5.75 Å². The summed E-state index contributed by atoms with van der Waals surface area (Å²) >= 11 is 0. The van der Waals surface area contributed by atoms with Crippen LogP contribution in [0.2, 0.25) is 0 Å². The molecule has 0 radical (unpaired) electrons. The Labute approximate surface area is 137 Å². The van der Waals surface area contributed by atoms with Gasteiger partial charge in [0.15, 0.2) is 17.6 Å². The molecule has 1 N–H and O–H groups in total. The first-order chi connectivity index (χ1) is 11.6. The molecular formula is C17H16O7. The summed E-state index contributed by atoms with van der Waals surface area (Å²) < 4.78 is 21.5. The Bertz CT molecular complexity index is 850. The number of aliphatic hydroxyl groups is 1. The van der Waals surface area contributed by atoms with E-state index in [4.69, 9.17) is 18.6 Å². The van der Waals surface area contributed by atoms with E-state index >= 15 is 0 Å². The largest absolute Gasteiger partial charge is 0.492 e. The van der Waals surface area contributed by atoms with Crippen molar-refractivity contribution in [3.63, 3.8) is 0 Å². The zero-order valence-electron chi connectivity index (χ0n) is 13.2. The highest BCUT2D eigenvalue weighted by Crippen LogP contribution is 2.50. The smallest absolute Gasteiger partial charge is 0.302 e. The Morgan fingerprint density at radius 1 is 1.50 bits per heavy atom. The molecule has 0 amide bonds. The van der Waals surface area contributed by atoms with Crippen molar-refractivity contribution in [2.24, 2.45) is 0 Å². The summed E-state index contributed by atoms with van der Waals surface area (Å²) in [6.45, 7) is 1.31. The topological polar surface area (TPSA) is 98.5 Å². The number of methoxy groups -OCH3 is 1. The normalized spacial score (nSPS) is 24.2. The average molecular weight is 332 g/mol. The highest BCUT2D eigenvalue weighted by Gasteiger charge is 2.51. The van der Waals surface area contributed by atoms with Crippen molar-refractivity contribution in [1.82, 2.24) is 0 Å². The fourth-order valence-electron chi connectivity index (χ4n) is 3.53. The van der Waals surface area contributed by atoms with E-state index < -0.39 is 12.1 Å². The maximum absolute atomic E-state index is 11.8. The molecule has 2 aliphatic rings. The summed E-state index contributed by atoms with van der Waals surface area (Å²) in [4.78, 5) is 22.9. The molecule has 1 aromatic heterocycles. The Hall–Kier alpha value is -2.38. The number of hydrogen-bond acceptors (Lipinski definition) is 7. The van der Waals surface area contributed by atoms with Gasteiger partial charge in [-0.3, -0.25) is 9.59 Å². The number of epoxide rings is 1. The number of ether oxygens (including phenoxy) is 3. The van der Waals surface area contributed by atoms with Crippen LogP contribution in [-0.2, 0) is 27.3 Å². The van der Waals surface area contributed by atoms with Gasteiger partial charge >= 0.3 is 5.97 Å². The molecule has 2 heterocycles. The lowest BCUT2D eigenvalue weighted by Gasteiger charge is -2.23. The molecular weight excluding hydrogens is 316 g/mol. The third kappa shape index (κ3) is 2.05. The van der Waals surface area contributed by atoms with Gasteiger partial charge in [0.05, 0.1) is 19.5 Å². The molecule has 2 aromatic rings. The van der Waals surface area contributed by atoms with Crippen LogP contribution in [0, 0.1) is 0 Å². The van der Waals surface area contributed by atoms with Crippen LogP contribution in [0.3, 0.4) is 0 Å². The van der Waals surface area contributed by atoms with Gasteiger partial charge in [0.25, 0.3) is 0 Å². The number of fused-ring (bicyclic) bond motifs is 3. The van der Waals surface area contributed by atoms with Crippen LogP contribution in [0.5, 0.6) is 5.75 Å². The second-order valence-electron chi connectivity index (χ2n) is 5.99. The van der Waals surface area contributed by atoms with Crippen LogP contribution in [0.25, 0.3) is 11.0 Å². The summed E-state index contributed by atoms with van der Waals surface area (Å²) in [6, 6.07) is 0. The lowest BCUT2D eigenvalue weighted by molar-refractivity contribution is -0.142. The van der Waals surface area contributed by atoms with E-state index in [1.807, 2.05) is 0 Å². The van der Waals surface area contributed by atoms with Gasteiger partial charge in [-0.15, -0.1) is 0 Å². The van der Waals surface area contributed by atoms with E-state index in [2.05, 4.69) is 0 Å². The molecule has 7 nitrogen and oxygen atoms in total. The molecule has 1 fully saturated rings. The SMILES string of the molecule is COc1c2c(c(C=O)c3c(COC(C)=O)coc13)C[C@@H]1O[C@@H]1[C@@H]2O. The summed E-state index contributed by atoms with van der Waals surface area (Å²) in [5, 5.41) is 11.1. The van der Waals surface area contributed by atoms with Gasteiger partial charge in [0.2, 0.25) is 0 Å². The summed E-state index contributed by atoms with van der Waals surface area (Å²) in [5.41, 5.74) is 2.60. The highest BCUT2D eigenvalue weighted by molar-refractivity contribution is 6.03. The number of furan rings is 1. The van der Waals surface area contributed by atoms with Crippen molar-refractivity contribution in [1.29, 1.82) is 0 Å². The van der Waals surface area contributed by atoms with Crippen LogP contribution in [0.15, 0.2) is 10.7 Å². The van der Waals surface area contributed by atoms with E-state index in [1.54, 1.807) is 0 Å². The monoisotopic (exact) mass is 332 g/mol. The fourth-order valence-corrected chi connectivity index (χ4v) is 3.53. The Balaban J connectivity index is 1.97. The number of benzene rings is 1. The zero-order chi connectivity index (χ0) is 17.0. The number of aldehydes is 1. The molecule has 0 saturated carbocycles. The van der Waals surface area contributed by atoms with Crippen molar-refractivity contribution >= 4 is 23.2 Å². The minimum Gasteiger partial charge on any atom is -0.492 e. The second kappa shape index (κ2) is 5.32. The third-order valence-electron chi connectivity index (χ3n) is 4.62. The molecule has 126 valence electrons. The van der Waals surface area contributed by atoms with Crippen molar-refractivity contribution in [2.75, 3.05) is 7.11 Å². The van der Waals surface area contributed by atoms with Gasteiger partial charge in [0, 0.05) is 35.4 Å². The summed E-state index contributed by atoms with van der Waals surface area (Å²) in [6.07, 6.45) is 1.49. The highest BCUT2D eigenvalue weighted by atomic mass is 16.6. The molecule has 7 heteroatoms. The first-order valence-electron chi connectivity index (χ1n) is 7.61. The van der Waals surface area contributed by atoms with Crippen LogP contribution < -0.4 is 4.74 Å². The van der Waals surface area contributed by atoms with Crippen molar-refractivity contribution in [2.45, 2.75) is 38.3 Å². The first kappa shape index (κ1) is 15.2. The molecule has 0 bridgehead atoms. The third-order valence-corrected chi connectivity index (χ3v) is 4.62. The predicted octanol–water partition coefficient (Wildman–Crippen LogP) is 1.67.